The summed E-state index contributed by atoms with van der Waals surface area (Å²) in [6.45, 7) is 1.40. The number of hydrogen-bond donors (Lipinski definition) is 3. The zero-order chi connectivity index (χ0) is 23.1. The molecule has 0 aliphatic heterocycles. The molecule has 0 aromatic heterocycles. The Kier molecular flexibility index (Phi) is 7.63. The molecular formula is C23H22ClN3O4S. The van der Waals surface area contributed by atoms with Gasteiger partial charge in [-0.25, -0.2) is 8.42 Å². The molecule has 0 bridgehead atoms. The molecular weight excluding hydrogens is 450 g/mol. The van der Waals surface area contributed by atoms with Crippen molar-refractivity contribution in [2.45, 2.75) is 24.3 Å². The first-order valence-electron chi connectivity index (χ1n) is 9.73. The average molecular weight is 472 g/mol. The smallest absolute Gasteiger partial charge is 0.242 e. The lowest BCUT2D eigenvalue weighted by Gasteiger charge is -2.19. The molecule has 0 saturated carbocycles. The fourth-order valence-electron chi connectivity index (χ4n) is 2.98. The van der Waals surface area contributed by atoms with Gasteiger partial charge >= 0.3 is 0 Å². The van der Waals surface area contributed by atoms with Crippen molar-refractivity contribution in [3.8, 4) is 0 Å². The van der Waals surface area contributed by atoms with Gasteiger partial charge in [-0.1, -0.05) is 41.9 Å². The maximum absolute atomic E-state index is 13.0. The van der Waals surface area contributed by atoms with E-state index in [1.807, 2.05) is 30.3 Å². The molecule has 7 nitrogen and oxygen atoms in total. The molecule has 0 saturated heterocycles. The van der Waals surface area contributed by atoms with Crippen molar-refractivity contribution in [1.29, 1.82) is 0 Å². The summed E-state index contributed by atoms with van der Waals surface area (Å²) in [7, 11) is -3.97. The molecule has 166 valence electrons. The predicted molar refractivity (Wildman–Crippen MR) is 125 cm³/mol. The minimum absolute atomic E-state index is 0.00687. The summed E-state index contributed by atoms with van der Waals surface area (Å²) in [4.78, 5) is 24.2. The van der Waals surface area contributed by atoms with Gasteiger partial charge in [0.2, 0.25) is 21.8 Å². The largest absolute Gasteiger partial charge is 0.326 e. The van der Waals surface area contributed by atoms with Crippen LogP contribution in [0.15, 0.2) is 83.8 Å². The quantitative estimate of drug-likeness (QED) is 0.464. The van der Waals surface area contributed by atoms with Gasteiger partial charge in [0, 0.05) is 23.3 Å². The molecule has 0 aliphatic rings. The van der Waals surface area contributed by atoms with Crippen molar-refractivity contribution in [3.63, 3.8) is 0 Å². The van der Waals surface area contributed by atoms with E-state index in [1.54, 1.807) is 24.3 Å². The minimum atomic E-state index is -3.97. The number of sulfonamides is 1. The van der Waals surface area contributed by atoms with E-state index in [4.69, 9.17) is 11.6 Å². The Hall–Kier alpha value is -3.20. The number of nitrogens with one attached hydrogen (secondary N) is 3. The Labute approximate surface area is 191 Å². The normalized spacial score (nSPS) is 12.1. The number of benzene rings is 3. The van der Waals surface area contributed by atoms with Crippen LogP contribution >= 0.6 is 11.6 Å². The molecule has 2 amide bonds. The fourth-order valence-corrected chi connectivity index (χ4v) is 4.30. The van der Waals surface area contributed by atoms with Gasteiger partial charge in [-0.3, -0.25) is 9.59 Å². The minimum Gasteiger partial charge on any atom is -0.326 e. The van der Waals surface area contributed by atoms with Crippen molar-refractivity contribution >= 4 is 44.8 Å². The van der Waals surface area contributed by atoms with Crippen LogP contribution in [0.3, 0.4) is 0 Å². The second-order valence-electron chi connectivity index (χ2n) is 7.07. The number of carbonyl (C=O) groups is 2. The van der Waals surface area contributed by atoms with Crippen molar-refractivity contribution in [2.75, 3.05) is 10.6 Å². The van der Waals surface area contributed by atoms with Crippen molar-refractivity contribution in [1.82, 2.24) is 4.72 Å². The first-order valence-corrected chi connectivity index (χ1v) is 11.6. The maximum Gasteiger partial charge on any atom is 0.242 e. The van der Waals surface area contributed by atoms with Gasteiger partial charge in [-0.15, -0.1) is 0 Å². The number of hydrogen-bond acceptors (Lipinski definition) is 4. The molecule has 32 heavy (non-hydrogen) atoms. The van der Waals surface area contributed by atoms with Crippen molar-refractivity contribution < 1.29 is 18.0 Å². The number of rotatable bonds is 8. The lowest BCUT2D eigenvalue weighted by Crippen LogP contribution is -2.45. The van der Waals surface area contributed by atoms with Gasteiger partial charge in [0.1, 0.15) is 6.04 Å². The van der Waals surface area contributed by atoms with Crippen LogP contribution in [0.25, 0.3) is 0 Å². The van der Waals surface area contributed by atoms with Crippen LogP contribution in [0, 0.1) is 0 Å². The summed E-state index contributed by atoms with van der Waals surface area (Å²) in [5, 5.41) is 5.78. The number of carbonyl (C=O) groups excluding carboxylic acids is 2. The summed E-state index contributed by atoms with van der Waals surface area (Å²) in [5.41, 5.74) is 1.85. The van der Waals surface area contributed by atoms with Crippen LogP contribution in [0.5, 0.6) is 0 Å². The molecule has 3 aromatic rings. The van der Waals surface area contributed by atoms with Crippen LogP contribution in [-0.2, 0) is 26.0 Å². The number of amides is 2. The van der Waals surface area contributed by atoms with Crippen LogP contribution < -0.4 is 15.4 Å². The molecule has 0 heterocycles. The Bertz CT molecular complexity index is 1180. The van der Waals surface area contributed by atoms with Crippen LogP contribution in [0.2, 0.25) is 5.02 Å². The van der Waals surface area contributed by atoms with Gasteiger partial charge in [-0.05, 0) is 60.5 Å². The van der Waals surface area contributed by atoms with Gasteiger partial charge in [0.05, 0.1) is 4.90 Å². The molecule has 3 N–H and O–H groups in total. The van der Waals surface area contributed by atoms with Gasteiger partial charge < -0.3 is 10.6 Å². The monoisotopic (exact) mass is 471 g/mol. The van der Waals surface area contributed by atoms with Crippen LogP contribution in [0.1, 0.15) is 12.5 Å². The number of halogens is 1. The summed E-state index contributed by atoms with van der Waals surface area (Å²) in [6.07, 6.45) is 0.156. The summed E-state index contributed by atoms with van der Waals surface area (Å²) < 4.78 is 28.2. The van der Waals surface area contributed by atoms with E-state index in [1.165, 1.54) is 31.2 Å². The molecule has 0 spiro atoms. The predicted octanol–water partition coefficient (Wildman–Crippen LogP) is 3.83. The standard InChI is InChI=1S/C23H22ClN3O4S/c1-16(28)25-19-9-11-20(12-10-19)26-23(29)22(15-17-5-3-2-4-6-17)27-32(30,31)21-13-7-18(24)8-14-21/h2-14,22,27H,15H2,1H3,(H,25,28)(H,26,29)/t22-/m0/s1. The zero-order valence-electron chi connectivity index (χ0n) is 17.2. The number of anilines is 2. The van der Waals surface area contributed by atoms with E-state index < -0.39 is 22.0 Å². The third kappa shape index (κ3) is 6.65. The van der Waals surface area contributed by atoms with Gasteiger partial charge in [0.25, 0.3) is 0 Å². The summed E-state index contributed by atoms with van der Waals surface area (Å²) in [5.74, 6) is -0.722. The van der Waals surface area contributed by atoms with Crippen molar-refractivity contribution in [2.24, 2.45) is 0 Å². The molecule has 0 fully saturated rings. The third-order valence-electron chi connectivity index (χ3n) is 4.49. The Morgan fingerprint density at radius 1 is 0.844 bits per heavy atom. The molecule has 0 radical (unpaired) electrons. The highest BCUT2D eigenvalue weighted by atomic mass is 35.5. The zero-order valence-corrected chi connectivity index (χ0v) is 18.8. The first kappa shape index (κ1) is 23.5. The highest BCUT2D eigenvalue weighted by Gasteiger charge is 2.26. The van der Waals surface area contributed by atoms with Crippen LogP contribution in [0.4, 0.5) is 11.4 Å². The average Bonchev–Trinajstić information content (AvgIpc) is 2.75. The SMILES string of the molecule is CC(=O)Nc1ccc(NC(=O)[C@H](Cc2ccccc2)NS(=O)(=O)c2ccc(Cl)cc2)cc1. The Morgan fingerprint density at radius 2 is 1.41 bits per heavy atom. The lowest BCUT2D eigenvalue weighted by molar-refractivity contribution is -0.117. The molecule has 3 aromatic carbocycles. The third-order valence-corrected chi connectivity index (χ3v) is 6.23. The van der Waals surface area contributed by atoms with E-state index in [9.17, 15) is 18.0 Å². The Balaban J connectivity index is 1.81. The second kappa shape index (κ2) is 10.4. The Morgan fingerprint density at radius 3 is 1.97 bits per heavy atom. The molecule has 0 unspecified atom stereocenters. The van der Waals surface area contributed by atoms with E-state index in [0.29, 0.717) is 16.4 Å². The van der Waals surface area contributed by atoms with Crippen LogP contribution in [-0.4, -0.2) is 26.3 Å². The van der Waals surface area contributed by atoms with E-state index >= 15 is 0 Å². The maximum atomic E-state index is 13.0. The topological polar surface area (TPSA) is 104 Å². The van der Waals surface area contributed by atoms with Crippen molar-refractivity contribution in [3.05, 3.63) is 89.4 Å². The van der Waals surface area contributed by atoms with Gasteiger partial charge in [0.15, 0.2) is 0 Å². The lowest BCUT2D eigenvalue weighted by atomic mass is 10.1. The van der Waals surface area contributed by atoms with E-state index in [-0.39, 0.29) is 17.2 Å². The first-order chi connectivity index (χ1) is 15.2. The molecule has 3 rings (SSSR count). The molecule has 0 aliphatic carbocycles. The van der Waals surface area contributed by atoms with E-state index in [0.717, 1.165) is 5.56 Å². The second-order valence-corrected chi connectivity index (χ2v) is 9.22. The summed E-state index contributed by atoms with van der Waals surface area (Å²) in [6, 6.07) is 20.3. The van der Waals surface area contributed by atoms with E-state index in [2.05, 4.69) is 15.4 Å². The fraction of sp³-hybridized carbons (Fsp3) is 0.130. The van der Waals surface area contributed by atoms with Gasteiger partial charge in [-0.2, -0.15) is 4.72 Å². The highest BCUT2D eigenvalue weighted by molar-refractivity contribution is 7.89. The molecule has 1 atom stereocenters. The highest BCUT2D eigenvalue weighted by Crippen LogP contribution is 2.17. The molecule has 9 heteroatoms. The summed E-state index contributed by atoms with van der Waals surface area (Å²) >= 11 is 5.85.